The number of carbonyl (C=O) groups excluding carboxylic acids is 1. The smallest absolute Gasteiger partial charge is 0.317 e. The zero-order valence-corrected chi connectivity index (χ0v) is 5.71. The third-order valence-electron chi connectivity index (χ3n) is 2.20. The number of hydrogen-bond acceptors (Lipinski definition) is 2. The van der Waals surface area contributed by atoms with Gasteiger partial charge in [-0.1, -0.05) is 0 Å². The van der Waals surface area contributed by atoms with Crippen LogP contribution in [0.4, 0.5) is 4.79 Å². The number of rotatable bonds is 0. The molecule has 0 aliphatic carbocycles. The highest BCUT2D eigenvalue weighted by Crippen LogP contribution is 2.19. The number of amides is 2. The number of urea groups is 1. The van der Waals surface area contributed by atoms with E-state index >= 15 is 0 Å². The Morgan fingerprint density at radius 3 is 3.20 bits per heavy atom. The molecule has 4 nitrogen and oxygen atoms in total. The number of hydrogen-bond donors (Lipinski definition) is 2. The molecule has 2 rings (SSSR count). The van der Waals surface area contributed by atoms with Crippen LogP contribution in [0.15, 0.2) is 0 Å². The molecular weight excluding hydrogens is 130 g/mol. The van der Waals surface area contributed by atoms with Crippen molar-refractivity contribution in [2.45, 2.75) is 18.5 Å². The maximum Gasteiger partial charge on any atom is 0.317 e. The van der Waals surface area contributed by atoms with Crippen LogP contribution < -0.4 is 11.1 Å². The highest BCUT2D eigenvalue weighted by Gasteiger charge is 2.37. The highest BCUT2D eigenvalue weighted by molar-refractivity contribution is 5.77. The van der Waals surface area contributed by atoms with Crippen molar-refractivity contribution in [2.24, 2.45) is 5.73 Å². The standard InChI is InChI=1S/C6H11N3O/c7-4-1-5-2-8-6(10)9(5)3-4/h4-5H,1-3,7H2,(H,8,10)/t4?,5-/m0/s1. The second kappa shape index (κ2) is 1.85. The van der Waals surface area contributed by atoms with Gasteiger partial charge in [-0.05, 0) is 6.42 Å². The van der Waals surface area contributed by atoms with E-state index in [0.717, 1.165) is 19.5 Å². The Morgan fingerprint density at radius 1 is 1.70 bits per heavy atom. The first kappa shape index (κ1) is 5.97. The summed E-state index contributed by atoms with van der Waals surface area (Å²) in [4.78, 5) is 12.8. The Bertz CT molecular complexity index is 170. The lowest BCUT2D eigenvalue weighted by molar-refractivity contribution is 0.216. The van der Waals surface area contributed by atoms with Crippen LogP contribution in [0.1, 0.15) is 6.42 Å². The largest absolute Gasteiger partial charge is 0.336 e. The van der Waals surface area contributed by atoms with Gasteiger partial charge in [-0.3, -0.25) is 0 Å². The second-order valence-corrected chi connectivity index (χ2v) is 2.99. The van der Waals surface area contributed by atoms with Gasteiger partial charge in [0.2, 0.25) is 0 Å². The Balaban J connectivity index is 2.12. The van der Waals surface area contributed by atoms with Crippen LogP contribution in [0.3, 0.4) is 0 Å². The molecular formula is C6H11N3O. The van der Waals surface area contributed by atoms with Crippen LogP contribution in [0.25, 0.3) is 0 Å². The number of fused-ring (bicyclic) bond motifs is 1. The van der Waals surface area contributed by atoms with Gasteiger partial charge in [0.1, 0.15) is 0 Å². The monoisotopic (exact) mass is 141 g/mol. The van der Waals surface area contributed by atoms with Gasteiger partial charge in [-0.25, -0.2) is 4.79 Å². The third kappa shape index (κ3) is 0.686. The molecule has 2 atom stereocenters. The van der Waals surface area contributed by atoms with Gasteiger partial charge >= 0.3 is 6.03 Å². The number of carbonyl (C=O) groups is 1. The van der Waals surface area contributed by atoms with Gasteiger partial charge < -0.3 is 16.0 Å². The van der Waals surface area contributed by atoms with Gasteiger partial charge in [0, 0.05) is 19.1 Å². The Hall–Kier alpha value is -0.770. The van der Waals surface area contributed by atoms with Crippen molar-refractivity contribution in [3.05, 3.63) is 0 Å². The minimum Gasteiger partial charge on any atom is -0.336 e. The quantitative estimate of drug-likeness (QED) is 0.460. The van der Waals surface area contributed by atoms with Crippen LogP contribution in [-0.2, 0) is 0 Å². The van der Waals surface area contributed by atoms with E-state index in [9.17, 15) is 4.79 Å². The minimum atomic E-state index is 0.0537. The molecule has 2 aliphatic rings. The average molecular weight is 141 g/mol. The zero-order valence-electron chi connectivity index (χ0n) is 5.71. The molecule has 2 aliphatic heterocycles. The van der Waals surface area contributed by atoms with E-state index in [2.05, 4.69) is 5.32 Å². The molecule has 0 aromatic carbocycles. The summed E-state index contributed by atoms with van der Waals surface area (Å²) in [6, 6.07) is 0.636. The van der Waals surface area contributed by atoms with E-state index in [-0.39, 0.29) is 12.1 Å². The van der Waals surface area contributed by atoms with Crippen molar-refractivity contribution in [1.82, 2.24) is 10.2 Å². The second-order valence-electron chi connectivity index (χ2n) is 2.99. The fourth-order valence-corrected chi connectivity index (χ4v) is 1.70. The van der Waals surface area contributed by atoms with Crippen LogP contribution in [0.5, 0.6) is 0 Å². The molecule has 1 unspecified atom stereocenters. The molecule has 0 radical (unpaired) electrons. The van der Waals surface area contributed by atoms with Crippen LogP contribution in [-0.4, -0.2) is 36.1 Å². The predicted octanol–water partition coefficient (Wildman–Crippen LogP) is -0.889. The van der Waals surface area contributed by atoms with Crippen molar-refractivity contribution in [3.63, 3.8) is 0 Å². The lowest BCUT2D eigenvalue weighted by Gasteiger charge is -2.10. The van der Waals surface area contributed by atoms with E-state index < -0.39 is 0 Å². The van der Waals surface area contributed by atoms with E-state index in [1.165, 1.54) is 0 Å². The van der Waals surface area contributed by atoms with E-state index in [4.69, 9.17) is 5.73 Å². The molecule has 2 amide bonds. The Morgan fingerprint density at radius 2 is 2.50 bits per heavy atom. The maximum atomic E-state index is 11.0. The summed E-state index contributed by atoms with van der Waals surface area (Å²) in [5.74, 6) is 0. The molecule has 0 bridgehead atoms. The first-order chi connectivity index (χ1) is 4.77. The summed E-state index contributed by atoms with van der Waals surface area (Å²) in [7, 11) is 0. The third-order valence-corrected chi connectivity index (χ3v) is 2.20. The molecule has 0 aromatic rings. The van der Waals surface area contributed by atoms with E-state index in [1.807, 2.05) is 4.90 Å². The zero-order chi connectivity index (χ0) is 7.14. The SMILES string of the molecule is NC1C[C@H]2CNC(=O)N2C1. The van der Waals surface area contributed by atoms with Crippen molar-refractivity contribution >= 4 is 6.03 Å². The summed E-state index contributed by atoms with van der Waals surface area (Å²) in [5, 5.41) is 2.77. The molecule has 10 heavy (non-hydrogen) atoms. The van der Waals surface area contributed by atoms with Gasteiger partial charge in [0.25, 0.3) is 0 Å². The topological polar surface area (TPSA) is 58.4 Å². The predicted molar refractivity (Wildman–Crippen MR) is 36.5 cm³/mol. The van der Waals surface area contributed by atoms with Gasteiger partial charge in [-0.15, -0.1) is 0 Å². The first-order valence-corrected chi connectivity index (χ1v) is 3.57. The van der Waals surface area contributed by atoms with Crippen molar-refractivity contribution < 1.29 is 4.79 Å². The normalized spacial score (nSPS) is 38.1. The lowest BCUT2D eigenvalue weighted by atomic mass is 10.2. The Labute approximate surface area is 59.4 Å². The lowest BCUT2D eigenvalue weighted by Crippen LogP contribution is -2.32. The number of nitrogens with two attached hydrogens (primary N) is 1. The van der Waals surface area contributed by atoms with Crippen LogP contribution in [0, 0.1) is 0 Å². The summed E-state index contributed by atoms with van der Waals surface area (Å²) < 4.78 is 0. The maximum absolute atomic E-state index is 11.0. The molecule has 2 fully saturated rings. The Kier molecular flexibility index (Phi) is 1.11. The van der Waals surface area contributed by atoms with Crippen molar-refractivity contribution in [3.8, 4) is 0 Å². The minimum absolute atomic E-state index is 0.0537. The highest BCUT2D eigenvalue weighted by atomic mass is 16.2. The average Bonchev–Trinajstić information content (AvgIpc) is 2.35. The molecule has 4 heteroatoms. The summed E-state index contributed by atoms with van der Waals surface area (Å²) in [6.45, 7) is 1.52. The van der Waals surface area contributed by atoms with E-state index in [1.54, 1.807) is 0 Å². The molecule has 2 heterocycles. The van der Waals surface area contributed by atoms with Crippen LogP contribution in [0.2, 0.25) is 0 Å². The molecule has 0 aromatic heterocycles. The summed E-state index contributed by atoms with van der Waals surface area (Å²) >= 11 is 0. The summed E-state index contributed by atoms with van der Waals surface area (Å²) in [6.07, 6.45) is 0.957. The molecule has 0 saturated carbocycles. The molecule has 2 saturated heterocycles. The fourth-order valence-electron chi connectivity index (χ4n) is 1.70. The molecule has 56 valence electrons. The van der Waals surface area contributed by atoms with Gasteiger partial charge in [-0.2, -0.15) is 0 Å². The van der Waals surface area contributed by atoms with E-state index in [0.29, 0.717) is 6.04 Å². The fraction of sp³-hybridized carbons (Fsp3) is 0.833. The van der Waals surface area contributed by atoms with Crippen LogP contribution >= 0.6 is 0 Å². The van der Waals surface area contributed by atoms with Gasteiger partial charge in [0.05, 0.1) is 6.04 Å². The van der Waals surface area contributed by atoms with Crippen molar-refractivity contribution in [1.29, 1.82) is 0 Å². The van der Waals surface area contributed by atoms with Gasteiger partial charge in [0.15, 0.2) is 0 Å². The number of nitrogens with zero attached hydrogens (tertiary/aromatic N) is 1. The van der Waals surface area contributed by atoms with Crippen molar-refractivity contribution in [2.75, 3.05) is 13.1 Å². The molecule has 0 spiro atoms. The summed E-state index contributed by atoms with van der Waals surface area (Å²) in [5.41, 5.74) is 5.67. The molecule has 3 N–H and O–H groups in total. The first-order valence-electron chi connectivity index (χ1n) is 3.57. The number of nitrogens with one attached hydrogen (secondary N) is 1.